The van der Waals surface area contributed by atoms with Crippen LogP contribution in [-0.2, 0) is 14.8 Å². The number of amides is 1. The molecule has 5 nitrogen and oxygen atoms in total. The zero-order valence-corrected chi connectivity index (χ0v) is 8.86. The molecule has 13 heavy (non-hydrogen) atoms. The highest BCUT2D eigenvalue weighted by Gasteiger charge is 2.17. The fourth-order valence-electron chi connectivity index (χ4n) is 0.497. The summed E-state index contributed by atoms with van der Waals surface area (Å²) in [5, 5.41) is 0. The third-order valence-electron chi connectivity index (χ3n) is 1.51. The van der Waals surface area contributed by atoms with Gasteiger partial charge in [0.25, 0.3) is 10.0 Å². The van der Waals surface area contributed by atoms with Gasteiger partial charge < -0.3 is 4.74 Å². The molecule has 0 aromatic rings. The van der Waals surface area contributed by atoms with Gasteiger partial charge in [0, 0.05) is 0 Å². The first-order valence-corrected chi connectivity index (χ1v) is 5.04. The van der Waals surface area contributed by atoms with Gasteiger partial charge in [-0.1, -0.05) is 5.57 Å². The molecule has 0 saturated heterocycles. The van der Waals surface area contributed by atoms with Crippen LogP contribution in [0.15, 0.2) is 10.5 Å². The maximum Gasteiger partial charge on any atom is 0.420 e. The maximum absolute atomic E-state index is 11.3. The van der Waals surface area contributed by atoms with Crippen LogP contribution in [0.1, 0.15) is 20.8 Å². The summed E-state index contributed by atoms with van der Waals surface area (Å²) in [6.45, 7) is 4.71. The van der Waals surface area contributed by atoms with Gasteiger partial charge in [-0.3, -0.25) is 0 Å². The van der Waals surface area contributed by atoms with E-state index in [1.54, 1.807) is 18.6 Å². The molecule has 1 N–H and O–H groups in total. The summed E-state index contributed by atoms with van der Waals surface area (Å²) in [4.78, 5) is 10.7. The smallest absolute Gasteiger partial charge is 0.420 e. The van der Waals surface area contributed by atoms with Gasteiger partial charge in [0.2, 0.25) is 0 Å². The van der Waals surface area contributed by atoms with E-state index in [2.05, 4.69) is 4.74 Å². The fourth-order valence-corrected chi connectivity index (χ4v) is 1.49. The van der Waals surface area contributed by atoms with E-state index in [0.717, 1.165) is 7.11 Å². The summed E-state index contributed by atoms with van der Waals surface area (Å²) in [6.07, 6.45) is -0.986. The lowest BCUT2D eigenvalue weighted by atomic mass is 10.3. The van der Waals surface area contributed by atoms with Crippen molar-refractivity contribution >= 4 is 16.1 Å². The molecule has 0 saturated carbocycles. The number of ether oxygens (including phenoxy) is 1. The van der Waals surface area contributed by atoms with Crippen molar-refractivity contribution in [1.82, 2.24) is 4.72 Å². The molecule has 0 rings (SSSR count). The van der Waals surface area contributed by atoms with Gasteiger partial charge in [-0.15, -0.1) is 0 Å². The molecular formula is C7H13NO4S. The van der Waals surface area contributed by atoms with E-state index in [1.165, 1.54) is 6.92 Å². The SMILES string of the molecule is COC(=O)NS(=O)(=O)C(C)=C(C)C. The number of carbonyl (C=O) groups is 1. The number of sulfonamides is 1. The monoisotopic (exact) mass is 207 g/mol. The normalized spacial score (nSPS) is 10.5. The Balaban J connectivity index is 4.82. The minimum absolute atomic E-state index is 0.123. The van der Waals surface area contributed by atoms with Crippen LogP contribution in [0, 0.1) is 0 Å². The molecule has 0 atom stereocenters. The van der Waals surface area contributed by atoms with E-state index in [-0.39, 0.29) is 4.91 Å². The number of rotatable bonds is 2. The quantitative estimate of drug-likeness (QED) is 0.732. The van der Waals surface area contributed by atoms with Crippen LogP contribution in [0.4, 0.5) is 4.79 Å². The highest BCUT2D eigenvalue weighted by molar-refractivity contribution is 7.93. The van der Waals surface area contributed by atoms with Crippen molar-refractivity contribution in [1.29, 1.82) is 0 Å². The Morgan fingerprint density at radius 1 is 1.23 bits per heavy atom. The maximum atomic E-state index is 11.3. The molecule has 6 heteroatoms. The summed E-state index contributed by atoms with van der Waals surface area (Å²) in [5.41, 5.74) is 0.622. The lowest BCUT2D eigenvalue weighted by molar-refractivity contribution is 0.178. The molecule has 1 amide bonds. The highest BCUT2D eigenvalue weighted by atomic mass is 32.2. The average Bonchev–Trinajstić information content (AvgIpc) is 2.01. The van der Waals surface area contributed by atoms with E-state index in [9.17, 15) is 13.2 Å². The predicted molar refractivity (Wildman–Crippen MR) is 48.5 cm³/mol. The first-order valence-electron chi connectivity index (χ1n) is 3.56. The van der Waals surface area contributed by atoms with Crippen LogP contribution in [0.3, 0.4) is 0 Å². The lowest BCUT2D eigenvalue weighted by Crippen LogP contribution is -2.30. The largest absolute Gasteiger partial charge is 0.452 e. The zero-order chi connectivity index (χ0) is 10.6. The van der Waals surface area contributed by atoms with Gasteiger partial charge in [0.15, 0.2) is 0 Å². The van der Waals surface area contributed by atoms with Crippen molar-refractivity contribution in [2.24, 2.45) is 0 Å². The molecule has 0 fully saturated rings. The second-order valence-corrected chi connectivity index (χ2v) is 4.48. The molecule has 0 heterocycles. The number of hydrogen-bond donors (Lipinski definition) is 1. The molecule has 0 aromatic carbocycles. The highest BCUT2D eigenvalue weighted by Crippen LogP contribution is 2.08. The minimum Gasteiger partial charge on any atom is -0.452 e. The van der Waals surface area contributed by atoms with Gasteiger partial charge in [-0.05, 0) is 20.8 Å². The fraction of sp³-hybridized carbons (Fsp3) is 0.571. The van der Waals surface area contributed by atoms with E-state index in [0.29, 0.717) is 5.57 Å². The Hall–Kier alpha value is -1.04. The topological polar surface area (TPSA) is 72.5 Å². The number of methoxy groups -OCH3 is 1. The number of nitrogens with one attached hydrogen (secondary N) is 1. The van der Waals surface area contributed by atoms with Crippen LogP contribution < -0.4 is 4.72 Å². The molecule has 0 spiro atoms. The Labute approximate surface area is 77.8 Å². The summed E-state index contributed by atoms with van der Waals surface area (Å²) in [7, 11) is -2.62. The van der Waals surface area contributed by atoms with Gasteiger partial charge in [0.05, 0.1) is 12.0 Å². The lowest BCUT2D eigenvalue weighted by Gasteiger charge is -2.06. The average molecular weight is 207 g/mol. The Bertz CT molecular complexity index is 324. The van der Waals surface area contributed by atoms with E-state index >= 15 is 0 Å². The summed E-state index contributed by atoms with van der Waals surface area (Å²) in [6, 6.07) is 0. The molecule has 0 aromatic heterocycles. The third-order valence-corrected chi connectivity index (χ3v) is 3.16. The third kappa shape index (κ3) is 3.45. The van der Waals surface area contributed by atoms with Crippen LogP contribution in [0.25, 0.3) is 0 Å². The van der Waals surface area contributed by atoms with Gasteiger partial charge in [0.1, 0.15) is 0 Å². The Morgan fingerprint density at radius 3 is 2.00 bits per heavy atom. The summed E-state index contributed by atoms with van der Waals surface area (Å²) in [5.74, 6) is 0. The first kappa shape index (κ1) is 12.0. The number of carbonyl (C=O) groups excluding carboxylic acids is 1. The minimum atomic E-state index is -3.72. The second-order valence-electron chi connectivity index (χ2n) is 2.65. The van der Waals surface area contributed by atoms with E-state index in [1.807, 2.05) is 0 Å². The molecule has 76 valence electrons. The van der Waals surface area contributed by atoms with Crippen molar-refractivity contribution in [2.75, 3.05) is 7.11 Å². The van der Waals surface area contributed by atoms with Gasteiger partial charge >= 0.3 is 6.09 Å². The second kappa shape index (κ2) is 4.27. The van der Waals surface area contributed by atoms with Crippen LogP contribution in [0.2, 0.25) is 0 Å². The van der Waals surface area contributed by atoms with E-state index in [4.69, 9.17) is 0 Å². The Kier molecular flexibility index (Phi) is 3.93. The Morgan fingerprint density at radius 2 is 1.69 bits per heavy atom. The molecule has 0 aliphatic carbocycles. The molecule has 0 bridgehead atoms. The van der Waals surface area contributed by atoms with Crippen molar-refractivity contribution in [2.45, 2.75) is 20.8 Å². The number of hydrogen-bond acceptors (Lipinski definition) is 4. The van der Waals surface area contributed by atoms with Crippen molar-refractivity contribution in [3.05, 3.63) is 10.5 Å². The van der Waals surface area contributed by atoms with Crippen molar-refractivity contribution < 1.29 is 17.9 Å². The van der Waals surface area contributed by atoms with Gasteiger partial charge in [-0.2, -0.15) is 0 Å². The molecule has 0 aliphatic rings. The molecule has 0 aliphatic heterocycles. The van der Waals surface area contributed by atoms with Crippen LogP contribution >= 0.6 is 0 Å². The summed E-state index contributed by atoms with van der Waals surface area (Å²) >= 11 is 0. The molecule has 0 radical (unpaired) electrons. The van der Waals surface area contributed by atoms with E-state index < -0.39 is 16.1 Å². The number of allylic oxidation sites excluding steroid dienone is 2. The molecule has 0 unspecified atom stereocenters. The first-order chi connectivity index (χ1) is 5.81. The van der Waals surface area contributed by atoms with Crippen LogP contribution in [-0.4, -0.2) is 21.6 Å². The van der Waals surface area contributed by atoms with Crippen molar-refractivity contribution in [3.63, 3.8) is 0 Å². The predicted octanol–water partition coefficient (Wildman–Crippen LogP) is 0.986. The van der Waals surface area contributed by atoms with Gasteiger partial charge in [-0.25, -0.2) is 17.9 Å². The standard InChI is InChI=1S/C7H13NO4S/c1-5(2)6(3)13(10,11)8-7(9)12-4/h1-4H3,(H,8,9). The van der Waals surface area contributed by atoms with Crippen molar-refractivity contribution in [3.8, 4) is 0 Å². The summed E-state index contributed by atoms with van der Waals surface area (Å²) < 4.78 is 28.4. The van der Waals surface area contributed by atoms with Crippen LogP contribution in [0.5, 0.6) is 0 Å². The molecular weight excluding hydrogens is 194 g/mol. The zero-order valence-electron chi connectivity index (χ0n) is 8.04.